The van der Waals surface area contributed by atoms with Gasteiger partial charge in [0, 0.05) is 19.5 Å². The first kappa shape index (κ1) is 15.2. The third kappa shape index (κ3) is 5.11. The van der Waals surface area contributed by atoms with Gasteiger partial charge in [-0.25, -0.2) is 0 Å². The minimum Gasteiger partial charge on any atom is -0.480 e. The molecule has 1 aliphatic heterocycles. The molecular formula is C13H20N2O4. The van der Waals surface area contributed by atoms with Gasteiger partial charge in [0.2, 0.25) is 11.8 Å². The minimum atomic E-state index is -1.07. The molecule has 0 aliphatic carbocycles. The first-order valence-electron chi connectivity index (χ1n) is 6.43. The van der Waals surface area contributed by atoms with E-state index in [2.05, 4.69) is 6.58 Å². The molecule has 1 heterocycles. The highest BCUT2D eigenvalue weighted by Crippen LogP contribution is 2.11. The van der Waals surface area contributed by atoms with Crippen LogP contribution in [0.4, 0.5) is 0 Å². The van der Waals surface area contributed by atoms with Gasteiger partial charge in [-0.3, -0.25) is 14.4 Å². The molecule has 0 aromatic heterocycles. The molecule has 0 bridgehead atoms. The van der Waals surface area contributed by atoms with Crippen molar-refractivity contribution in [2.75, 3.05) is 26.2 Å². The fraction of sp³-hybridized carbons (Fsp3) is 0.615. The van der Waals surface area contributed by atoms with Crippen LogP contribution in [-0.2, 0) is 14.4 Å². The number of carboxylic acids is 1. The quantitative estimate of drug-likeness (QED) is 0.711. The summed E-state index contributed by atoms with van der Waals surface area (Å²) in [5, 5.41) is 8.75. The fourth-order valence-corrected chi connectivity index (χ4v) is 2.04. The Bertz CT molecular complexity index is 368. The Morgan fingerprint density at radius 2 is 2.11 bits per heavy atom. The summed E-state index contributed by atoms with van der Waals surface area (Å²) in [6.45, 7) is 3.83. The van der Waals surface area contributed by atoms with Crippen LogP contribution in [-0.4, -0.2) is 58.9 Å². The van der Waals surface area contributed by atoms with Crippen LogP contribution in [0.15, 0.2) is 12.7 Å². The standard InChI is InChI=1S/C13H20N2O4/c1-2-7-14(10-13(18)19)12(17)9-15-8-5-3-4-6-11(15)16/h2H,1,3-10H2,(H,18,19). The first-order chi connectivity index (χ1) is 9.04. The molecule has 0 unspecified atom stereocenters. The van der Waals surface area contributed by atoms with E-state index in [9.17, 15) is 14.4 Å². The lowest BCUT2D eigenvalue weighted by molar-refractivity contribution is -0.146. The van der Waals surface area contributed by atoms with Gasteiger partial charge in [0.1, 0.15) is 6.54 Å². The Balaban J connectivity index is 2.60. The van der Waals surface area contributed by atoms with Crippen LogP contribution in [0.25, 0.3) is 0 Å². The van der Waals surface area contributed by atoms with Crippen molar-refractivity contribution in [3.05, 3.63) is 12.7 Å². The van der Waals surface area contributed by atoms with Crippen molar-refractivity contribution in [1.82, 2.24) is 9.80 Å². The van der Waals surface area contributed by atoms with Gasteiger partial charge in [-0.2, -0.15) is 0 Å². The lowest BCUT2D eigenvalue weighted by Gasteiger charge is -2.25. The summed E-state index contributed by atoms with van der Waals surface area (Å²) in [7, 11) is 0. The predicted molar refractivity (Wildman–Crippen MR) is 69.5 cm³/mol. The third-order valence-corrected chi connectivity index (χ3v) is 3.03. The topological polar surface area (TPSA) is 77.9 Å². The summed E-state index contributed by atoms with van der Waals surface area (Å²) in [4.78, 5) is 37.2. The first-order valence-corrected chi connectivity index (χ1v) is 6.43. The zero-order chi connectivity index (χ0) is 14.3. The van der Waals surface area contributed by atoms with Gasteiger partial charge in [0.25, 0.3) is 0 Å². The normalized spacial score (nSPS) is 15.8. The molecule has 0 radical (unpaired) electrons. The highest BCUT2D eigenvalue weighted by molar-refractivity contribution is 5.87. The molecule has 1 rings (SSSR count). The number of hydrogen-bond donors (Lipinski definition) is 1. The number of carbonyl (C=O) groups excluding carboxylic acids is 2. The van der Waals surface area contributed by atoms with Gasteiger partial charge in [-0.15, -0.1) is 6.58 Å². The zero-order valence-corrected chi connectivity index (χ0v) is 11.0. The molecule has 6 heteroatoms. The van der Waals surface area contributed by atoms with E-state index in [1.165, 1.54) is 15.9 Å². The van der Waals surface area contributed by atoms with E-state index < -0.39 is 5.97 Å². The smallest absolute Gasteiger partial charge is 0.323 e. The lowest BCUT2D eigenvalue weighted by Crippen LogP contribution is -2.44. The Kier molecular flexibility index (Phi) is 6.05. The fourth-order valence-electron chi connectivity index (χ4n) is 2.04. The second-order valence-electron chi connectivity index (χ2n) is 4.58. The van der Waals surface area contributed by atoms with Crippen molar-refractivity contribution in [3.8, 4) is 0 Å². The van der Waals surface area contributed by atoms with E-state index in [4.69, 9.17) is 5.11 Å². The second-order valence-corrected chi connectivity index (χ2v) is 4.58. The van der Waals surface area contributed by atoms with Gasteiger partial charge < -0.3 is 14.9 Å². The summed E-state index contributed by atoms with van der Waals surface area (Å²) < 4.78 is 0. The second kappa shape index (κ2) is 7.56. The number of amides is 2. The molecule has 0 aromatic rings. The van der Waals surface area contributed by atoms with Crippen molar-refractivity contribution in [1.29, 1.82) is 0 Å². The summed E-state index contributed by atoms with van der Waals surface area (Å²) in [5.41, 5.74) is 0. The van der Waals surface area contributed by atoms with Gasteiger partial charge in [0.05, 0.1) is 6.54 Å². The van der Waals surface area contributed by atoms with Gasteiger partial charge in [-0.1, -0.05) is 12.5 Å². The Labute approximate surface area is 112 Å². The molecule has 0 atom stereocenters. The van der Waals surface area contributed by atoms with Gasteiger partial charge >= 0.3 is 5.97 Å². The molecule has 1 fully saturated rings. The number of nitrogens with zero attached hydrogens (tertiary/aromatic N) is 2. The van der Waals surface area contributed by atoms with Crippen molar-refractivity contribution >= 4 is 17.8 Å². The largest absolute Gasteiger partial charge is 0.480 e. The highest BCUT2D eigenvalue weighted by atomic mass is 16.4. The van der Waals surface area contributed by atoms with E-state index in [0.29, 0.717) is 13.0 Å². The van der Waals surface area contributed by atoms with E-state index >= 15 is 0 Å². The van der Waals surface area contributed by atoms with E-state index in [0.717, 1.165) is 19.3 Å². The van der Waals surface area contributed by atoms with Gasteiger partial charge in [0.15, 0.2) is 0 Å². The predicted octanol–water partition coefficient (Wildman–Crippen LogP) is 0.488. The average Bonchev–Trinajstić information content (AvgIpc) is 2.54. The van der Waals surface area contributed by atoms with Crippen LogP contribution < -0.4 is 0 Å². The summed E-state index contributed by atoms with van der Waals surface area (Å²) in [6, 6.07) is 0. The molecule has 0 spiro atoms. The SMILES string of the molecule is C=CCN(CC(=O)O)C(=O)CN1CCCCCC1=O. The number of carboxylic acid groups (broad SMARTS) is 1. The van der Waals surface area contributed by atoms with Crippen LogP contribution in [0.1, 0.15) is 25.7 Å². The van der Waals surface area contributed by atoms with Crippen LogP contribution in [0.3, 0.4) is 0 Å². The molecule has 1 saturated heterocycles. The molecule has 106 valence electrons. The molecule has 0 aromatic carbocycles. The summed E-state index contributed by atoms with van der Waals surface area (Å²) in [6.07, 6.45) is 4.68. The number of aliphatic carboxylic acids is 1. The van der Waals surface area contributed by atoms with Crippen LogP contribution in [0.2, 0.25) is 0 Å². The Hall–Kier alpha value is -1.85. The van der Waals surface area contributed by atoms with Crippen LogP contribution in [0, 0.1) is 0 Å². The highest BCUT2D eigenvalue weighted by Gasteiger charge is 2.22. The maximum atomic E-state index is 12.0. The van der Waals surface area contributed by atoms with Crippen molar-refractivity contribution in [3.63, 3.8) is 0 Å². The Morgan fingerprint density at radius 3 is 2.74 bits per heavy atom. The maximum Gasteiger partial charge on any atom is 0.323 e. The third-order valence-electron chi connectivity index (χ3n) is 3.03. The molecule has 2 amide bonds. The molecular weight excluding hydrogens is 248 g/mol. The maximum absolute atomic E-state index is 12.0. The minimum absolute atomic E-state index is 0.0280. The van der Waals surface area contributed by atoms with Gasteiger partial charge in [-0.05, 0) is 12.8 Å². The van der Waals surface area contributed by atoms with E-state index in [1.54, 1.807) is 0 Å². The average molecular weight is 268 g/mol. The van der Waals surface area contributed by atoms with Crippen molar-refractivity contribution in [2.24, 2.45) is 0 Å². The molecule has 1 N–H and O–H groups in total. The lowest BCUT2D eigenvalue weighted by atomic mass is 10.2. The molecule has 19 heavy (non-hydrogen) atoms. The zero-order valence-electron chi connectivity index (χ0n) is 11.0. The Morgan fingerprint density at radius 1 is 1.37 bits per heavy atom. The number of carbonyl (C=O) groups is 3. The number of hydrogen-bond acceptors (Lipinski definition) is 3. The van der Waals surface area contributed by atoms with Crippen LogP contribution >= 0.6 is 0 Å². The number of rotatable bonds is 6. The summed E-state index contributed by atoms with van der Waals surface area (Å²) in [5.74, 6) is -1.45. The summed E-state index contributed by atoms with van der Waals surface area (Å²) >= 11 is 0. The molecule has 0 saturated carbocycles. The molecule has 1 aliphatic rings. The van der Waals surface area contributed by atoms with E-state index in [1.807, 2.05) is 0 Å². The van der Waals surface area contributed by atoms with Crippen LogP contribution in [0.5, 0.6) is 0 Å². The van der Waals surface area contributed by atoms with Crippen molar-refractivity contribution in [2.45, 2.75) is 25.7 Å². The number of likely N-dealkylation sites (tertiary alicyclic amines) is 1. The monoisotopic (exact) mass is 268 g/mol. The molecule has 6 nitrogen and oxygen atoms in total. The van der Waals surface area contributed by atoms with E-state index in [-0.39, 0.29) is 31.4 Å². The van der Waals surface area contributed by atoms with Crippen molar-refractivity contribution < 1.29 is 19.5 Å².